The summed E-state index contributed by atoms with van der Waals surface area (Å²) in [6.07, 6.45) is 0. The average Bonchev–Trinajstić information content (AvgIpc) is 2.54. The molecule has 1 aliphatic heterocycles. The Bertz CT molecular complexity index is 257. The van der Waals surface area contributed by atoms with Gasteiger partial charge in [-0.15, -0.1) is 11.3 Å². The first-order chi connectivity index (χ1) is 5.86. The fourth-order valence-corrected chi connectivity index (χ4v) is 2.38. The highest BCUT2D eigenvalue weighted by Gasteiger charge is 2.16. The Morgan fingerprint density at radius 2 is 2.50 bits per heavy atom. The SMILES string of the molecule is Clc1ccc(C2COCCN2)s1. The van der Waals surface area contributed by atoms with Crippen LogP contribution in [0.15, 0.2) is 12.1 Å². The molecule has 4 heteroatoms. The largest absolute Gasteiger partial charge is 0.378 e. The van der Waals surface area contributed by atoms with Crippen molar-refractivity contribution in [1.82, 2.24) is 5.32 Å². The lowest BCUT2D eigenvalue weighted by Gasteiger charge is -2.22. The molecule has 0 amide bonds. The van der Waals surface area contributed by atoms with Crippen molar-refractivity contribution in [3.63, 3.8) is 0 Å². The lowest BCUT2D eigenvalue weighted by molar-refractivity contribution is 0.0779. The molecule has 0 aliphatic carbocycles. The van der Waals surface area contributed by atoms with Crippen molar-refractivity contribution >= 4 is 22.9 Å². The Morgan fingerprint density at radius 3 is 3.08 bits per heavy atom. The molecule has 1 unspecified atom stereocenters. The zero-order valence-corrected chi connectivity index (χ0v) is 8.12. The Balaban J connectivity index is 2.08. The first kappa shape index (κ1) is 8.51. The number of morpholine rings is 1. The molecule has 1 fully saturated rings. The van der Waals surface area contributed by atoms with Gasteiger partial charge in [0.2, 0.25) is 0 Å². The summed E-state index contributed by atoms with van der Waals surface area (Å²) < 4.78 is 6.19. The highest BCUT2D eigenvalue weighted by Crippen LogP contribution is 2.27. The van der Waals surface area contributed by atoms with Gasteiger partial charge in [0.25, 0.3) is 0 Å². The van der Waals surface area contributed by atoms with E-state index in [-0.39, 0.29) is 0 Å². The molecule has 2 nitrogen and oxygen atoms in total. The van der Waals surface area contributed by atoms with Crippen molar-refractivity contribution in [3.8, 4) is 0 Å². The van der Waals surface area contributed by atoms with Crippen LogP contribution in [0.5, 0.6) is 0 Å². The van der Waals surface area contributed by atoms with E-state index in [1.54, 1.807) is 11.3 Å². The molecule has 0 saturated carbocycles. The predicted octanol–water partition coefficient (Wildman–Crippen LogP) is 2.06. The predicted molar refractivity (Wildman–Crippen MR) is 50.9 cm³/mol. The molecule has 0 aromatic carbocycles. The summed E-state index contributed by atoms with van der Waals surface area (Å²) in [4.78, 5) is 1.26. The molecule has 1 saturated heterocycles. The minimum Gasteiger partial charge on any atom is -0.378 e. The van der Waals surface area contributed by atoms with Crippen LogP contribution in [0.1, 0.15) is 10.9 Å². The van der Waals surface area contributed by atoms with Gasteiger partial charge >= 0.3 is 0 Å². The molecular formula is C8H10ClNOS. The van der Waals surface area contributed by atoms with Crippen molar-refractivity contribution in [2.75, 3.05) is 19.8 Å². The zero-order valence-electron chi connectivity index (χ0n) is 6.55. The van der Waals surface area contributed by atoms with E-state index in [0.29, 0.717) is 6.04 Å². The van der Waals surface area contributed by atoms with Crippen LogP contribution in [0.4, 0.5) is 0 Å². The number of hydrogen-bond donors (Lipinski definition) is 1. The molecule has 2 rings (SSSR count). The number of rotatable bonds is 1. The van der Waals surface area contributed by atoms with E-state index in [9.17, 15) is 0 Å². The summed E-state index contributed by atoms with van der Waals surface area (Å²) in [5, 5.41) is 3.38. The molecule has 12 heavy (non-hydrogen) atoms. The molecular weight excluding hydrogens is 194 g/mol. The van der Waals surface area contributed by atoms with E-state index in [2.05, 4.69) is 11.4 Å². The van der Waals surface area contributed by atoms with Gasteiger partial charge in [-0.2, -0.15) is 0 Å². The summed E-state index contributed by atoms with van der Waals surface area (Å²) in [6.45, 7) is 2.51. The van der Waals surface area contributed by atoms with Gasteiger partial charge in [0.05, 0.1) is 23.6 Å². The first-order valence-corrected chi connectivity index (χ1v) is 5.12. The van der Waals surface area contributed by atoms with Crippen LogP contribution < -0.4 is 5.32 Å². The molecule has 1 aromatic rings. The molecule has 1 aromatic heterocycles. The summed E-state index contributed by atoms with van der Waals surface area (Å²) in [6, 6.07) is 4.33. The topological polar surface area (TPSA) is 21.3 Å². The van der Waals surface area contributed by atoms with Gasteiger partial charge in [-0.1, -0.05) is 11.6 Å². The zero-order chi connectivity index (χ0) is 8.39. The smallest absolute Gasteiger partial charge is 0.0931 e. The minimum absolute atomic E-state index is 0.344. The lowest BCUT2D eigenvalue weighted by atomic mass is 10.2. The summed E-state index contributed by atoms with van der Waals surface area (Å²) >= 11 is 7.45. The van der Waals surface area contributed by atoms with Gasteiger partial charge in [0, 0.05) is 11.4 Å². The van der Waals surface area contributed by atoms with E-state index in [0.717, 1.165) is 24.1 Å². The Hall–Kier alpha value is -0.0900. The summed E-state index contributed by atoms with van der Waals surface area (Å²) in [5.41, 5.74) is 0. The maximum absolute atomic E-state index is 5.83. The molecule has 2 heterocycles. The monoisotopic (exact) mass is 203 g/mol. The molecule has 1 aliphatic rings. The van der Waals surface area contributed by atoms with E-state index in [1.165, 1.54) is 4.88 Å². The number of nitrogens with one attached hydrogen (secondary N) is 1. The highest BCUT2D eigenvalue weighted by molar-refractivity contribution is 7.16. The number of halogens is 1. The fraction of sp³-hybridized carbons (Fsp3) is 0.500. The van der Waals surface area contributed by atoms with Crippen LogP contribution in [-0.2, 0) is 4.74 Å². The van der Waals surface area contributed by atoms with Crippen LogP contribution in [-0.4, -0.2) is 19.8 Å². The Kier molecular flexibility index (Phi) is 2.66. The van der Waals surface area contributed by atoms with Crippen LogP contribution in [0.2, 0.25) is 4.34 Å². The summed E-state index contributed by atoms with van der Waals surface area (Å²) in [5.74, 6) is 0. The molecule has 0 radical (unpaired) electrons. The maximum atomic E-state index is 5.83. The number of thiophene rings is 1. The van der Waals surface area contributed by atoms with Crippen LogP contribution >= 0.6 is 22.9 Å². The number of ether oxygens (including phenoxy) is 1. The Labute approximate surface area is 80.5 Å². The van der Waals surface area contributed by atoms with Crippen molar-refractivity contribution in [2.45, 2.75) is 6.04 Å². The van der Waals surface area contributed by atoms with Gasteiger partial charge < -0.3 is 10.1 Å². The van der Waals surface area contributed by atoms with Crippen LogP contribution in [0.25, 0.3) is 0 Å². The summed E-state index contributed by atoms with van der Waals surface area (Å²) in [7, 11) is 0. The fourth-order valence-electron chi connectivity index (χ4n) is 1.26. The third-order valence-electron chi connectivity index (χ3n) is 1.86. The molecule has 66 valence electrons. The van der Waals surface area contributed by atoms with Gasteiger partial charge in [0.15, 0.2) is 0 Å². The van der Waals surface area contributed by atoms with E-state index < -0.39 is 0 Å². The van der Waals surface area contributed by atoms with Gasteiger partial charge in [-0.05, 0) is 12.1 Å². The standard InChI is InChI=1S/C8H10ClNOS/c9-8-2-1-7(12-8)6-5-11-4-3-10-6/h1-2,6,10H,3-5H2. The van der Waals surface area contributed by atoms with Crippen molar-refractivity contribution in [2.24, 2.45) is 0 Å². The first-order valence-electron chi connectivity index (χ1n) is 3.92. The second-order valence-corrected chi connectivity index (χ2v) is 4.47. The third kappa shape index (κ3) is 1.80. The minimum atomic E-state index is 0.344. The molecule has 0 spiro atoms. The second-order valence-electron chi connectivity index (χ2n) is 2.72. The maximum Gasteiger partial charge on any atom is 0.0931 e. The average molecular weight is 204 g/mol. The molecule has 0 bridgehead atoms. The second kappa shape index (κ2) is 3.75. The van der Waals surface area contributed by atoms with Gasteiger partial charge in [-0.25, -0.2) is 0 Å². The normalized spacial score (nSPS) is 24.2. The Morgan fingerprint density at radius 1 is 1.58 bits per heavy atom. The van der Waals surface area contributed by atoms with Crippen molar-refractivity contribution in [3.05, 3.63) is 21.3 Å². The lowest BCUT2D eigenvalue weighted by Crippen LogP contribution is -2.33. The number of hydrogen-bond acceptors (Lipinski definition) is 3. The van der Waals surface area contributed by atoms with E-state index >= 15 is 0 Å². The highest BCUT2D eigenvalue weighted by atomic mass is 35.5. The molecule has 1 N–H and O–H groups in total. The van der Waals surface area contributed by atoms with E-state index in [1.807, 2.05) is 6.07 Å². The quantitative estimate of drug-likeness (QED) is 0.755. The van der Waals surface area contributed by atoms with Crippen molar-refractivity contribution in [1.29, 1.82) is 0 Å². The van der Waals surface area contributed by atoms with E-state index in [4.69, 9.17) is 16.3 Å². The van der Waals surface area contributed by atoms with Crippen LogP contribution in [0, 0.1) is 0 Å². The molecule has 1 atom stereocenters. The van der Waals surface area contributed by atoms with Crippen molar-refractivity contribution < 1.29 is 4.74 Å². The van der Waals surface area contributed by atoms with Gasteiger partial charge in [-0.3, -0.25) is 0 Å². The third-order valence-corrected chi connectivity index (χ3v) is 3.20. The van der Waals surface area contributed by atoms with Gasteiger partial charge in [0.1, 0.15) is 0 Å². The van der Waals surface area contributed by atoms with Crippen LogP contribution in [0.3, 0.4) is 0 Å².